The average Bonchev–Trinajstić information content (AvgIpc) is 2.64. The van der Waals surface area contributed by atoms with E-state index in [1.165, 1.54) is 5.56 Å². The summed E-state index contributed by atoms with van der Waals surface area (Å²) < 4.78 is 5.76. The van der Waals surface area contributed by atoms with E-state index in [9.17, 15) is 4.79 Å². The van der Waals surface area contributed by atoms with Gasteiger partial charge in [0.05, 0.1) is 6.61 Å². The van der Waals surface area contributed by atoms with Gasteiger partial charge in [-0.2, -0.15) is 0 Å². The van der Waals surface area contributed by atoms with Crippen molar-refractivity contribution in [2.45, 2.75) is 19.6 Å². The van der Waals surface area contributed by atoms with Crippen LogP contribution in [0.4, 0.5) is 5.69 Å². The number of hydrogen-bond donors (Lipinski definition) is 0. The zero-order chi connectivity index (χ0) is 16.8. The van der Waals surface area contributed by atoms with Crippen LogP contribution in [0.5, 0.6) is 0 Å². The van der Waals surface area contributed by atoms with E-state index < -0.39 is 6.10 Å². The monoisotopic (exact) mass is 325 g/mol. The largest absolute Gasteiger partial charge is 0.366 e. The highest BCUT2D eigenvalue weighted by molar-refractivity contribution is 5.96. The number of hydrogen-bond acceptors (Lipinski definition) is 4. The molecule has 1 aliphatic heterocycles. The Morgan fingerprint density at radius 3 is 2.71 bits per heavy atom. The molecule has 1 fully saturated rings. The van der Waals surface area contributed by atoms with Gasteiger partial charge in [0, 0.05) is 44.3 Å². The van der Waals surface area contributed by atoms with Crippen LogP contribution in [0.3, 0.4) is 0 Å². The standard InChI is InChI=1S/C19H23N3O2/c1-2-22(17-8-10-20-11-9-17)19(23)18-15-21(12-13-24-18)14-16-6-4-3-5-7-16/h3-11,18H,2,12-15H2,1H3/t18-/m1/s1. The number of aromatic nitrogens is 1. The fraction of sp³-hybridized carbons (Fsp3) is 0.368. The highest BCUT2D eigenvalue weighted by Gasteiger charge is 2.30. The topological polar surface area (TPSA) is 45.7 Å². The molecule has 5 heteroatoms. The number of ether oxygens (including phenoxy) is 1. The van der Waals surface area contributed by atoms with Gasteiger partial charge >= 0.3 is 0 Å². The average molecular weight is 325 g/mol. The van der Waals surface area contributed by atoms with Crippen molar-refractivity contribution in [2.24, 2.45) is 0 Å². The maximum absolute atomic E-state index is 12.9. The van der Waals surface area contributed by atoms with Crippen molar-refractivity contribution in [2.75, 3.05) is 31.1 Å². The van der Waals surface area contributed by atoms with Crippen molar-refractivity contribution < 1.29 is 9.53 Å². The maximum atomic E-state index is 12.9. The first-order valence-corrected chi connectivity index (χ1v) is 8.37. The minimum absolute atomic E-state index is 0.0152. The molecule has 1 aromatic heterocycles. The van der Waals surface area contributed by atoms with Crippen molar-refractivity contribution in [1.29, 1.82) is 0 Å². The van der Waals surface area contributed by atoms with Crippen LogP contribution in [0, 0.1) is 0 Å². The Morgan fingerprint density at radius 2 is 2.00 bits per heavy atom. The van der Waals surface area contributed by atoms with Gasteiger partial charge in [0.1, 0.15) is 6.10 Å². The maximum Gasteiger partial charge on any atom is 0.257 e. The van der Waals surface area contributed by atoms with Gasteiger partial charge in [-0.3, -0.25) is 14.7 Å². The molecular formula is C19H23N3O2. The van der Waals surface area contributed by atoms with Crippen LogP contribution in [0.2, 0.25) is 0 Å². The number of amides is 1. The predicted molar refractivity (Wildman–Crippen MR) is 93.7 cm³/mol. The number of benzene rings is 1. The van der Waals surface area contributed by atoms with Crippen molar-refractivity contribution in [3.05, 3.63) is 60.4 Å². The Balaban J connectivity index is 1.66. The summed E-state index contributed by atoms with van der Waals surface area (Å²) in [5.74, 6) is 0.0152. The van der Waals surface area contributed by atoms with Gasteiger partial charge in [0.2, 0.25) is 0 Å². The van der Waals surface area contributed by atoms with Crippen LogP contribution in [-0.2, 0) is 16.1 Å². The summed E-state index contributed by atoms with van der Waals surface area (Å²) in [4.78, 5) is 20.9. The van der Waals surface area contributed by atoms with Gasteiger partial charge in [0.25, 0.3) is 5.91 Å². The van der Waals surface area contributed by atoms with Crippen LogP contribution < -0.4 is 4.90 Å². The highest BCUT2D eigenvalue weighted by Crippen LogP contribution is 2.17. The Hall–Kier alpha value is -2.24. The zero-order valence-electron chi connectivity index (χ0n) is 14.0. The minimum Gasteiger partial charge on any atom is -0.366 e. The molecule has 0 saturated carbocycles. The van der Waals surface area contributed by atoms with Gasteiger partial charge in [0.15, 0.2) is 0 Å². The molecule has 1 aliphatic rings. The number of anilines is 1. The molecule has 2 heterocycles. The van der Waals surface area contributed by atoms with Crippen molar-refractivity contribution in [1.82, 2.24) is 9.88 Å². The number of likely N-dealkylation sites (N-methyl/N-ethyl adjacent to an activating group) is 1. The predicted octanol–water partition coefficient (Wildman–Crippen LogP) is 2.34. The molecule has 0 N–H and O–H groups in total. The van der Waals surface area contributed by atoms with E-state index in [2.05, 4.69) is 22.0 Å². The lowest BCUT2D eigenvalue weighted by atomic mass is 10.1. The van der Waals surface area contributed by atoms with Gasteiger partial charge < -0.3 is 9.64 Å². The second-order valence-electron chi connectivity index (χ2n) is 5.87. The van der Waals surface area contributed by atoms with Gasteiger partial charge in [-0.25, -0.2) is 0 Å². The molecular weight excluding hydrogens is 302 g/mol. The molecule has 1 aromatic carbocycles. The summed E-state index contributed by atoms with van der Waals surface area (Å²) in [6.07, 6.45) is 2.99. The lowest BCUT2D eigenvalue weighted by Gasteiger charge is -2.34. The smallest absolute Gasteiger partial charge is 0.257 e. The molecule has 1 saturated heterocycles. The van der Waals surface area contributed by atoms with E-state index >= 15 is 0 Å². The number of morpholine rings is 1. The molecule has 0 bridgehead atoms. The normalized spacial score (nSPS) is 18.3. The number of rotatable bonds is 5. The number of carbonyl (C=O) groups excluding carboxylic acids is 1. The SMILES string of the molecule is CCN(C(=O)[C@H]1CN(Cc2ccccc2)CCO1)c1ccncc1. The lowest BCUT2D eigenvalue weighted by Crippen LogP contribution is -2.50. The Labute approximate surface area is 142 Å². The number of pyridine rings is 1. The van der Waals surface area contributed by atoms with E-state index in [-0.39, 0.29) is 5.91 Å². The van der Waals surface area contributed by atoms with E-state index in [1.807, 2.05) is 37.3 Å². The quantitative estimate of drug-likeness (QED) is 0.846. The molecule has 24 heavy (non-hydrogen) atoms. The Bertz CT molecular complexity index is 648. The fourth-order valence-corrected chi connectivity index (χ4v) is 3.00. The van der Waals surface area contributed by atoms with E-state index in [4.69, 9.17) is 4.74 Å². The van der Waals surface area contributed by atoms with Crippen LogP contribution in [0.15, 0.2) is 54.9 Å². The molecule has 0 radical (unpaired) electrons. The third-order valence-electron chi connectivity index (χ3n) is 4.23. The van der Waals surface area contributed by atoms with Crippen LogP contribution in [0.1, 0.15) is 12.5 Å². The zero-order valence-corrected chi connectivity index (χ0v) is 14.0. The summed E-state index contributed by atoms with van der Waals surface area (Å²) in [7, 11) is 0. The van der Waals surface area contributed by atoms with Gasteiger partial charge in [-0.05, 0) is 24.6 Å². The van der Waals surface area contributed by atoms with E-state index in [0.717, 1.165) is 18.8 Å². The van der Waals surface area contributed by atoms with Crippen LogP contribution in [-0.4, -0.2) is 48.1 Å². The van der Waals surface area contributed by atoms with E-state index in [1.54, 1.807) is 17.3 Å². The Morgan fingerprint density at radius 1 is 1.25 bits per heavy atom. The molecule has 5 nitrogen and oxygen atoms in total. The third-order valence-corrected chi connectivity index (χ3v) is 4.23. The molecule has 0 unspecified atom stereocenters. The summed E-state index contributed by atoms with van der Waals surface area (Å²) in [6.45, 7) is 5.48. The first-order valence-electron chi connectivity index (χ1n) is 8.37. The third kappa shape index (κ3) is 3.99. The fourth-order valence-electron chi connectivity index (χ4n) is 3.00. The summed E-state index contributed by atoms with van der Waals surface area (Å²) in [6, 6.07) is 14.0. The second kappa shape index (κ2) is 8.04. The van der Waals surface area contributed by atoms with Crippen LogP contribution in [0.25, 0.3) is 0 Å². The van der Waals surface area contributed by atoms with Crippen molar-refractivity contribution in [3.63, 3.8) is 0 Å². The van der Waals surface area contributed by atoms with Gasteiger partial charge in [-0.15, -0.1) is 0 Å². The molecule has 1 atom stereocenters. The minimum atomic E-state index is -0.421. The number of nitrogens with zero attached hydrogens (tertiary/aromatic N) is 3. The first kappa shape index (κ1) is 16.6. The summed E-state index contributed by atoms with van der Waals surface area (Å²) >= 11 is 0. The van der Waals surface area contributed by atoms with Gasteiger partial charge in [-0.1, -0.05) is 30.3 Å². The van der Waals surface area contributed by atoms with Crippen molar-refractivity contribution >= 4 is 11.6 Å². The lowest BCUT2D eigenvalue weighted by molar-refractivity contribution is -0.136. The molecule has 2 aromatic rings. The van der Waals surface area contributed by atoms with E-state index in [0.29, 0.717) is 19.7 Å². The molecule has 1 amide bonds. The molecule has 126 valence electrons. The molecule has 3 rings (SSSR count). The molecule has 0 spiro atoms. The molecule has 0 aliphatic carbocycles. The number of carbonyl (C=O) groups is 1. The second-order valence-corrected chi connectivity index (χ2v) is 5.87. The first-order chi connectivity index (χ1) is 11.8. The van der Waals surface area contributed by atoms with Crippen molar-refractivity contribution in [3.8, 4) is 0 Å². The summed E-state index contributed by atoms with van der Waals surface area (Å²) in [5, 5.41) is 0. The van der Waals surface area contributed by atoms with Crippen LogP contribution >= 0.6 is 0 Å². The Kier molecular flexibility index (Phi) is 5.56. The highest BCUT2D eigenvalue weighted by atomic mass is 16.5. The summed E-state index contributed by atoms with van der Waals surface area (Å²) in [5.41, 5.74) is 2.12.